The predicted octanol–water partition coefficient (Wildman–Crippen LogP) is 1.77. The standard InChI is InChI=1S/C9H17N/c1-6-7(8(6)10)5-9(2)3-4-9/h6-8H,3-5,10H2,1-2H3. The van der Waals surface area contributed by atoms with Crippen LogP contribution < -0.4 is 5.73 Å². The highest BCUT2D eigenvalue weighted by Gasteiger charge is 2.50. The van der Waals surface area contributed by atoms with Gasteiger partial charge in [0.05, 0.1) is 0 Å². The van der Waals surface area contributed by atoms with Gasteiger partial charge < -0.3 is 5.73 Å². The first kappa shape index (κ1) is 6.66. The molecule has 0 amide bonds. The molecule has 0 spiro atoms. The van der Waals surface area contributed by atoms with E-state index in [2.05, 4.69) is 13.8 Å². The SMILES string of the molecule is CC1C(N)C1CC1(C)CC1. The molecule has 2 aliphatic rings. The molecule has 0 aromatic rings. The van der Waals surface area contributed by atoms with Gasteiger partial charge in [-0.1, -0.05) is 13.8 Å². The molecule has 0 radical (unpaired) electrons. The van der Waals surface area contributed by atoms with Crippen LogP contribution >= 0.6 is 0 Å². The minimum absolute atomic E-state index is 0.539. The molecule has 0 aromatic carbocycles. The fourth-order valence-electron chi connectivity index (χ4n) is 1.89. The number of rotatable bonds is 2. The van der Waals surface area contributed by atoms with Crippen molar-refractivity contribution in [2.24, 2.45) is 23.0 Å². The van der Waals surface area contributed by atoms with Crippen molar-refractivity contribution in [1.29, 1.82) is 0 Å². The summed E-state index contributed by atoms with van der Waals surface area (Å²) in [5.74, 6) is 1.69. The second kappa shape index (κ2) is 1.76. The van der Waals surface area contributed by atoms with Crippen molar-refractivity contribution in [3.63, 3.8) is 0 Å². The molecule has 3 unspecified atom stereocenters. The van der Waals surface area contributed by atoms with Crippen LogP contribution in [0.2, 0.25) is 0 Å². The van der Waals surface area contributed by atoms with Crippen LogP contribution in [0.4, 0.5) is 0 Å². The molecular weight excluding hydrogens is 122 g/mol. The average molecular weight is 139 g/mol. The molecule has 1 heteroatoms. The third kappa shape index (κ3) is 0.968. The van der Waals surface area contributed by atoms with Crippen LogP contribution in [0, 0.1) is 17.3 Å². The third-order valence-electron chi connectivity index (χ3n) is 3.47. The van der Waals surface area contributed by atoms with E-state index in [9.17, 15) is 0 Å². The van der Waals surface area contributed by atoms with Crippen LogP contribution in [0.1, 0.15) is 33.1 Å². The summed E-state index contributed by atoms with van der Waals surface area (Å²) in [4.78, 5) is 0. The van der Waals surface area contributed by atoms with Gasteiger partial charge >= 0.3 is 0 Å². The maximum Gasteiger partial charge on any atom is 0.00995 e. The van der Waals surface area contributed by atoms with Crippen LogP contribution in [-0.2, 0) is 0 Å². The van der Waals surface area contributed by atoms with E-state index in [1.54, 1.807) is 0 Å². The van der Waals surface area contributed by atoms with Crippen molar-refractivity contribution in [3.8, 4) is 0 Å². The number of hydrogen-bond acceptors (Lipinski definition) is 1. The van der Waals surface area contributed by atoms with E-state index >= 15 is 0 Å². The van der Waals surface area contributed by atoms with Gasteiger partial charge in [-0.3, -0.25) is 0 Å². The van der Waals surface area contributed by atoms with E-state index in [-0.39, 0.29) is 0 Å². The zero-order valence-corrected chi connectivity index (χ0v) is 6.93. The molecule has 0 heterocycles. The summed E-state index contributed by atoms with van der Waals surface area (Å²) in [6, 6.07) is 0.539. The number of nitrogens with two attached hydrogens (primary N) is 1. The summed E-state index contributed by atoms with van der Waals surface area (Å²) in [5, 5.41) is 0. The second-order valence-electron chi connectivity index (χ2n) is 4.62. The first-order valence-electron chi connectivity index (χ1n) is 4.38. The fraction of sp³-hybridized carbons (Fsp3) is 1.00. The minimum atomic E-state index is 0.539. The monoisotopic (exact) mass is 139 g/mol. The van der Waals surface area contributed by atoms with Crippen molar-refractivity contribution in [1.82, 2.24) is 0 Å². The summed E-state index contributed by atoms with van der Waals surface area (Å²) in [7, 11) is 0. The van der Waals surface area contributed by atoms with Crippen LogP contribution in [0.25, 0.3) is 0 Å². The van der Waals surface area contributed by atoms with Gasteiger partial charge in [0.1, 0.15) is 0 Å². The lowest BCUT2D eigenvalue weighted by molar-refractivity contribution is 0.460. The maximum atomic E-state index is 5.84. The lowest BCUT2D eigenvalue weighted by Crippen LogP contribution is -2.05. The lowest BCUT2D eigenvalue weighted by Gasteiger charge is -2.05. The molecule has 2 saturated carbocycles. The first-order chi connectivity index (χ1) is 4.62. The maximum absolute atomic E-state index is 5.84. The molecule has 3 atom stereocenters. The summed E-state index contributed by atoms with van der Waals surface area (Å²) in [6.45, 7) is 4.67. The van der Waals surface area contributed by atoms with E-state index < -0.39 is 0 Å². The van der Waals surface area contributed by atoms with Crippen molar-refractivity contribution in [3.05, 3.63) is 0 Å². The van der Waals surface area contributed by atoms with Gasteiger partial charge in [0.25, 0.3) is 0 Å². The Hall–Kier alpha value is -0.0400. The predicted molar refractivity (Wildman–Crippen MR) is 42.6 cm³/mol. The Morgan fingerprint density at radius 1 is 1.50 bits per heavy atom. The van der Waals surface area contributed by atoms with Crippen molar-refractivity contribution >= 4 is 0 Å². The first-order valence-corrected chi connectivity index (χ1v) is 4.38. The molecule has 0 saturated heterocycles. The van der Waals surface area contributed by atoms with Crippen molar-refractivity contribution in [2.75, 3.05) is 0 Å². The van der Waals surface area contributed by atoms with E-state index in [0.29, 0.717) is 11.5 Å². The largest absolute Gasteiger partial charge is 0.327 e. The molecule has 0 aromatic heterocycles. The quantitative estimate of drug-likeness (QED) is 0.620. The summed E-state index contributed by atoms with van der Waals surface area (Å²) in [5.41, 5.74) is 6.56. The van der Waals surface area contributed by atoms with Gasteiger partial charge in [-0.05, 0) is 36.5 Å². The van der Waals surface area contributed by atoms with E-state index in [4.69, 9.17) is 5.73 Å². The highest BCUT2D eigenvalue weighted by molar-refractivity contribution is 5.03. The molecule has 2 N–H and O–H groups in total. The Bertz CT molecular complexity index is 141. The highest BCUT2D eigenvalue weighted by Crippen LogP contribution is 2.55. The van der Waals surface area contributed by atoms with Gasteiger partial charge in [0.15, 0.2) is 0 Å². The molecule has 2 fully saturated rings. The fourth-order valence-corrected chi connectivity index (χ4v) is 1.89. The van der Waals surface area contributed by atoms with Crippen LogP contribution in [0.5, 0.6) is 0 Å². The Morgan fingerprint density at radius 2 is 2.00 bits per heavy atom. The smallest absolute Gasteiger partial charge is 0.00995 e. The molecule has 0 aliphatic heterocycles. The van der Waals surface area contributed by atoms with E-state index in [1.807, 2.05) is 0 Å². The molecule has 2 aliphatic carbocycles. The van der Waals surface area contributed by atoms with E-state index in [1.165, 1.54) is 19.3 Å². The van der Waals surface area contributed by atoms with Gasteiger partial charge in [-0.2, -0.15) is 0 Å². The van der Waals surface area contributed by atoms with Gasteiger partial charge in [-0.15, -0.1) is 0 Å². The zero-order valence-electron chi connectivity index (χ0n) is 6.93. The second-order valence-corrected chi connectivity index (χ2v) is 4.62. The summed E-state index contributed by atoms with van der Waals surface area (Å²) >= 11 is 0. The Labute approximate surface area is 63.0 Å². The lowest BCUT2D eigenvalue weighted by atomic mass is 10.0. The van der Waals surface area contributed by atoms with Crippen LogP contribution in [0.3, 0.4) is 0 Å². The molecule has 0 bridgehead atoms. The molecule has 10 heavy (non-hydrogen) atoms. The topological polar surface area (TPSA) is 26.0 Å². The molecule has 1 nitrogen and oxygen atoms in total. The van der Waals surface area contributed by atoms with Gasteiger partial charge in [0, 0.05) is 6.04 Å². The third-order valence-corrected chi connectivity index (χ3v) is 3.47. The highest BCUT2D eigenvalue weighted by atomic mass is 14.8. The van der Waals surface area contributed by atoms with E-state index in [0.717, 1.165) is 11.8 Å². The van der Waals surface area contributed by atoms with Gasteiger partial charge in [0.2, 0.25) is 0 Å². The Kier molecular flexibility index (Phi) is 1.17. The van der Waals surface area contributed by atoms with Gasteiger partial charge in [-0.25, -0.2) is 0 Å². The number of hydrogen-bond donors (Lipinski definition) is 1. The average Bonchev–Trinajstić information content (AvgIpc) is 2.71. The van der Waals surface area contributed by atoms with Crippen molar-refractivity contribution < 1.29 is 0 Å². The molecular formula is C9H17N. The van der Waals surface area contributed by atoms with Crippen LogP contribution in [0.15, 0.2) is 0 Å². The zero-order chi connectivity index (χ0) is 7.35. The molecule has 2 rings (SSSR count). The normalized spacial score (nSPS) is 48.9. The molecule has 58 valence electrons. The Balaban J connectivity index is 1.82. The summed E-state index contributed by atoms with van der Waals surface area (Å²) < 4.78 is 0. The van der Waals surface area contributed by atoms with Crippen molar-refractivity contribution in [2.45, 2.75) is 39.2 Å². The minimum Gasteiger partial charge on any atom is -0.327 e. The van der Waals surface area contributed by atoms with Crippen LogP contribution in [-0.4, -0.2) is 6.04 Å². The Morgan fingerprint density at radius 3 is 2.30 bits per heavy atom. The summed E-state index contributed by atoms with van der Waals surface area (Å²) in [6.07, 6.45) is 4.29.